The fourth-order valence-corrected chi connectivity index (χ4v) is 17.5. The predicted octanol–water partition coefficient (Wildman–Crippen LogP) is -1.42. The fourth-order valence-electron chi connectivity index (χ4n) is 2.96. The minimum atomic E-state index is -3.47. The quantitative estimate of drug-likeness (QED) is 0.350. The van der Waals surface area contributed by atoms with Crippen LogP contribution in [0.2, 0.25) is 4.81 Å². The summed E-state index contributed by atoms with van der Waals surface area (Å²) in [4.78, 5) is 1.24. The maximum atomic E-state index is 3.77. The average molecular weight is 269 g/mol. The Balaban J connectivity index is 2.13. The van der Waals surface area contributed by atoms with E-state index in [9.17, 15) is 0 Å². The first kappa shape index (κ1) is 8.77. The van der Waals surface area contributed by atoms with Gasteiger partial charge >= 0.3 is 78.1 Å². The summed E-state index contributed by atoms with van der Waals surface area (Å²) in [5.74, 6) is 0. The second-order valence-electron chi connectivity index (χ2n) is 4.27. The van der Waals surface area contributed by atoms with E-state index in [-0.39, 0.29) is 0 Å². The summed E-state index contributed by atoms with van der Waals surface area (Å²) in [7, 11) is 0. The SMILES string of the molecule is C1C[NH][Mo]23([CH2]1)([NH]CC[NH]2)[NH]CC[NH]3. The normalized spacial score (nSPS) is 44.3. The first-order valence-electron chi connectivity index (χ1n) is 5.08. The van der Waals surface area contributed by atoms with Gasteiger partial charge in [-0.1, -0.05) is 0 Å². The third-order valence-corrected chi connectivity index (χ3v) is 18.9. The van der Waals surface area contributed by atoms with E-state index in [1.807, 2.05) is 0 Å². The summed E-state index contributed by atoms with van der Waals surface area (Å²) in [6, 6.07) is 0. The van der Waals surface area contributed by atoms with Gasteiger partial charge in [-0.05, 0) is 0 Å². The van der Waals surface area contributed by atoms with Crippen molar-refractivity contribution in [3.63, 3.8) is 0 Å². The van der Waals surface area contributed by atoms with Gasteiger partial charge in [0.15, 0.2) is 0 Å². The van der Waals surface area contributed by atoms with E-state index >= 15 is 0 Å². The van der Waals surface area contributed by atoms with E-state index in [2.05, 4.69) is 19.4 Å². The Labute approximate surface area is 78.4 Å². The van der Waals surface area contributed by atoms with Crippen molar-refractivity contribution >= 4 is 0 Å². The van der Waals surface area contributed by atoms with Gasteiger partial charge in [-0.15, -0.1) is 0 Å². The molecular weight excluding hydrogens is 250 g/mol. The van der Waals surface area contributed by atoms with Crippen molar-refractivity contribution in [2.24, 2.45) is 0 Å². The van der Waals surface area contributed by atoms with Crippen LogP contribution in [-0.4, -0.2) is 32.7 Å². The van der Waals surface area contributed by atoms with Gasteiger partial charge in [-0.25, -0.2) is 0 Å². The van der Waals surface area contributed by atoms with Crippen LogP contribution in [0.1, 0.15) is 6.42 Å². The van der Waals surface area contributed by atoms with Gasteiger partial charge < -0.3 is 0 Å². The molecule has 13 heavy (non-hydrogen) atoms. The topological polar surface area (TPSA) is 60.1 Å². The molecule has 78 valence electrons. The van der Waals surface area contributed by atoms with Crippen LogP contribution in [0.25, 0.3) is 0 Å². The van der Waals surface area contributed by atoms with E-state index in [4.69, 9.17) is 0 Å². The van der Waals surface area contributed by atoms with E-state index in [0.29, 0.717) is 0 Å². The average Bonchev–Trinajstić information content (AvgIpc) is 2.82. The van der Waals surface area contributed by atoms with Gasteiger partial charge in [-0.3, -0.25) is 0 Å². The Morgan fingerprint density at radius 1 is 0.615 bits per heavy atom. The van der Waals surface area contributed by atoms with Crippen LogP contribution in [0, 0.1) is 0 Å². The van der Waals surface area contributed by atoms with Gasteiger partial charge in [0, 0.05) is 0 Å². The van der Waals surface area contributed by atoms with Crippen LogP contribution in [0.15, 0.2) is 0 Å². The zero-order valence-corrected chi connectivity index (χ0v) is 9.86. The molecule has 3 aliphatic rings. The Hall–Kier alpha value is 0.488. The number of hydrogen-bond donors (Lipinski definition) is 5. The molecule has 0 aliphatic carbocycles. The van der Waals surface area contributed by atoms with Crippen LogP contribution in [-0.2, 0) is 14.8 Å². The third-order valence-electron chi connectivity index (χ3n) is 3.55. The Bertz CT molecular complexity index is 184. The molecule has 3 heterocycles. The van der Waals surface area contributed by atoms with Crippen LogP contribution < -0.4 is 19.4 Å². The summed E-state index contributed by atoms with van der Waals surface area (Å²) < 4.78 is 18.8. The maximum absolute atomic E-state index is 3.77. The van der Waals surface area contributed by atoms with Crippen molar-refractivity contribution in [2.75, 3.05) is 32.7 Å². The van der Waals surface area contributed by atoms with Crippen molar-refractivity contribution in [3.8, 4) is 0 Å². The first-order chi connectivity index (χ1) is 6.23. The molecule has 0 atom stereocenters. The Morgan fingerprint density at radius 2 is 1.08 bits per heavy atom. The fraction of sp³-hybridized carbons (Fsp3) is 1.00. The number of nitrogens with one attached hydrogen (secondary N) is 5. The molecule has 0 aromatic heterocycles. The molecule has 0 bridgehead atoms. The molecule has 0 aromatic rings. The molecule has 5 N–H and O–H groups in total. The molecule has 0 unspecified atom stereocenters. The van der Waals surface area contributed by atoms with Gasteiger partial charge in [0.25, 0.3) is 0 Å². The molecule has 3 fully saturated rings. The monoisotopic (exact) mass is 271 g/mol. The van der Waals surface area contributed by atoms with Crippen LogP contribution >= 0.6 is 0 Å². The number of rotatable bonds is 0. The molecule has 6 heteroatoms. The molecule has 0 saturated carbocycles. The minimum absolute atomic E-state index is 1.08. The van der Waals surface area contributed by atoms with Crippen molar-refractivity contribution < 1.29 is 14.8 Å². The molecule has 3 rings (SSSR count). The summed E-state index contributed by atoms with van der Waals surface area (Å²) in [5.41, 5.74) is 0. The van der Waals surface area contributed by atoms with Crippen LogP contribution in [0.4, 0.5) is 0 Å². The zero-order chi connectivity index (χ0) is 8.89. The zero-order valence-electron chi connectivity index (χ0n) is 7.86. The summed E-state index contributed by atoms with van der Waals surface area (Å²) in [6.07, 6.45) is 1.27. The third kappa shape index (κ3) is 0.881. The number of hydrogen-bond acceptors (Lipinski definition) is 5. The molecule has 3 saturated heterocycles. The van der Waals surface area contributed by atoms with Crippen LogP contribution in [0.3, 0.4) is 0 Å². The van der Waals surface area contributed by atoms with Crippen molar-refractivity contribution in [2.45, 2.75) is 11.2 Å². The molecule has 3 aliphatic heterocycles. The molecule has 0 aromatic carbocycles. The predicted molar refractivity (Wildman–Crippen MR) is 49.4 cm³/mol. The molecule has 1 spiro atoms. The Morgan fingerprint density at radius 3 is 1.46 bits per heavy atom. The van der Waals surface area contributed by atoms with Gasteiger partial charge in [-0.2, -0.15) is 0 Å². The molecule has 5 nitrogen and oxygen atoms in total. The Kier molecular flexibility index (Phi) is 1.47. The van der Waals surface area contributed by atoms with E-state index in [0.717, 1.165) is 32.7 Å². The molecular formula is C7H19MoN5. The second kappa shape index (κ2) is 2.18. The second-order valence-corrected chi connectivity index (χ2v) is 17.4. The van der Waals surface area contributed by atoms with Gasteiger partial charge in [0.2, 0.25) is 0 Å². The van der Waals surface area contributed by atoms with E-state index in [1.165, 1.54) is 11.2 Å². The van der Waals surface area contributed by atoms with E-state index in [1.54, 1.807) is 0 Å². The summed E-state index contributed by atoms with van der Waals surface area (Å²) in [6.45, 7) is 5.46. The standard InChI is InChI=1S/C3H7N.2C2H6N2.Mo/c1-2-3-4;2*3-1-2-4;/h4H,1-3H2;2*3-4H,1-2H2;/q-1;2*-2;+5. The van der Waals surface area contributed by atoms with Gasteiger partial charge in [0.05, 0.1) is 0 Å². The molecule has 0 radical (unpaired) electrons. The van der Waals surface area contributed by atoms with Crippen LogP contribution in [0.5, 0.6) is 0 Å². The van der Waals surface area contributed by atoms with Gasteiger partial charge in [0.1, 0.15) is 0 Å². The summed E-state index contributed by atoms with van der Waals surface area (Å²) >= 11 is -3.47. The van der Waals surface area contributed by atoms with Crippen molar-refractivity contribution in [1.29, 1.82) is 0 Å². The van der Waals surface area contributed by atoms with Crippen molar-refractivity contribution in [1.82, 2.24) is 19.4 Å². The van der Waals surface area contributed by atoms with Crippen molar-refractivity contribution in [3.05, 3.63) is 0 Å². The molecule has 0 amide bonds. The van der Waals surface area contributed by atoms with E-state index < -0.39 is 14.8 Å². The first-order valence-corrected chi connectivity index (χ1v) is 11.5. The summed E-state index contributed by atoms with van der Waals surface area (Å²) in [5, 5.41) is 0.